The molecule has 0 radical (unpaired) electrons. The molecule has 7 nitrogen and oxygen atoms in total. The van der Waals surface area contributed by atoms with Gasteiger partial charge in [-0.1, -0.05) is 41.9 Å². The summed E-state index contributed by atoms with van der Waals surface area (Å²) in [7, 11) is -1.63. The molecule has 1 saturated heterocycles. The summed E-state index contributed by atoms with van der Waals surface area (Å²) in [5.74, 6) is 1.39. The Morgan fingerprint density at radius 2 is 1.90 bits per heavy atom. The Hall–Kier alpha value is -2.29. The first-order valence-electron chi connectivity index (χ1n) is 10.3. The van der Waals surface area contributed by atoms with Gasteiger partial charge >= 0.3 is 0 Å². The van der Waals surface area contributed by atoms with Crippen molar-refractivity contribution in [3.8, 4) is 11.5 Å². The van der Waals surface area contributed by atoms with Crippen LogP contribution in [0.25, 0.3) is 0 Å². The monoisotopic (exact) mass is 461 g/mol. The summed E-state index contributed by atoms with van der Waals surface area (Å²) in [6.07, 6.45) is 2.95. The number of benzene rings is 2. The van der Waals surface area contributed by atoms with E-state index >= 15 is 0 Å². The standard InChI is InChI=1S/C22H24ClN3O4S/c1-29-20-9-5-7-16-19-14-18(15-6-3-4-8-17(15)23)24-26(19)22(30-21(16)20)10-12-25(13-11-22)31(2,27)28/h3-9,19H,10-14H2,1-2H3/t19-/m1/s1. The van der Waals surface area contributed by atoms with Crippen LogP contribution >= 0.6 is 11.6 Å². The number of rotatable bonds is 3. The lowest BCUT2D eigenvalue weighted by atomic mass is 9.91. The van der Waals surface area contributed by atoms with Gasteiger partial charge in [-0.3, -0.25) is 0 Å². The van der Waals surface area contributed by atoms with Crippen molar-refractivity contribution in [3.05, 3.63) is 58.6 Å². The highest BCUT2D eigenvalue weighted by Gasteiger charge is 2.53. The summed E-state index contributed by atoms with van der Waals surface area (Å²) in [4.78, 5) is 0. The van der Waals surface area contributed by atoms with Gasteiger partial charge in [0.15, 0.2) is 11.5 Å². The quantitative estimate of drug-likeness (QED) is 0.697. The minimum absolute atomic E-state index is 0.0325. The largest absolute Gasteiger partial charge is 0.493 e. The van der Waals surface area contributed by atoms with Crippen molar-refractivity contribution in [1.82, 2.24) is 9.31 Å². The first kappa shape index (κ1) is 20.6. The second-order valence-corrected chi connectivity index (χ2v) is 10.6. The topological polar surface area (TPSA) is 71.4 Å². The first-order chi connectivity index (χ1) is 14.8. The van der Waals surface area contributed by atoms with Crippen molar-refractivity contribution in [2.45, 2.75) is 31.0 Å². The number of halogens is 1. The lowest BCUT2D eigenvalue weighted by Gasteiger charge is -2.50. The maximum absolute atomic E-state index is 12.1. The van der Waals surface area contributed by atoms with E-state index in [2.05, 4.69) is 0 Å². The van der Waals surface area contributed by atoms with Crippen molar-refractivity contribution in [3.63, 3.8) is 0 Å². The van der Waals surface area contributed by atoms with E-state index < -0.39 is 15.7 Å². The van der Waals surface area contributed by atoms with Crippen LogP contribution in [0, 0.1) is 0 Å². The van der Waals surface area contributed by atoms with Crippen LogP contribution in [0.3, 0.4) is 0 Å². The van der Waals surface area contributed by atoms with Crippen molar-refractivity contribution in [2.24, 2.45) is 5.10 Å². The van der Waals surface area contributed by atoms with Crippen molar-refractivity contribution in [2.75, 3.05) is 26.5 Å². The molecule has 3 aliphatic heterocycles. The molecule has 0 aromatic heterocycles. The number of hydrazone groups is 1. The van der Waals surface area contributed by atoms with Gasteiger partial charge in [0.25, 0.3) is 0 Å². The Morgan fingerprint density at radius 3 is 2.58 bits per heavy atom. The molecule has 1 fully saturated rings. The lowest BCUT2D eigenvalue weighted by Crippen LogP contribution is -2.59. The molecule has 164 valence electrons. The second kappa shape index (κ2) is 7.39. The van der Waals surface area contributed by atoms with E-state index in [1.165, 1.54) is 10.6 Å². The third-order valence-electron chi connectivity index (χ3n) is 6.37. The number of piperidine rings is 1. The fraction of sp³-hybridized carbons (Fsp3) is 0.409. The molecular formula is C22H24ClN3O4S. The molecule has 3 heterocycles. The highest BCUT2D eigenvalue weighted by atomic mass is 35.5. The van der Waals surface area contributed by atoms with Crippen molar-refractivity contribution in [1.29, 1.82) is 0 Å². The van der Waals surface area contributed by atoms with Gasteiger partial charge in [-0.05, 0) is 12.1 Å². The van der Waals surface area contributed by atoms with Crippen LogP contribution in [-0.2, 0) is 10.0 Å². The Kier molecular flexibility index (Phi) is 4.91. The van der Waals surface area contributed by atoms with Gasteiger partial charge in [0.1, 0.15) is 0 Å². The number of nitrogens with zero attached hydrogens (tertiary/aromatic N) is 3. The van der Waals surface area contributed by atoms with Gasteiger partial charge in [-0.2, -0.15) is 5.10 Å². The van der Waals surface area contributed by atoms with Crippen molar-refractivity contribution < 1.29 is 17.9 Å². The highest BCUT2D eigenvalue weighted by molar-refractivity contribution is 7.88. The normalized spacial score (nSPS) is 22.5. The van der Waals surface area contributed by atoms with E-state index in [1.807, 2.05) is 47.5 Å². The zero-order chi connectivity index (χ0) is 21.8. The molecule has 0 N–H and O–H groups in total. The molecule has 2 aromatic carbocycles. The van der Waals surface area contributed by atoms with E-state index in [9.17, 15) is 8.42 Å². The number of hydrogen-bond donors (Lipinski definition) is 0. The number of sulfonamides is 1. The molecule has 5 rings (SSSR count). The van der Waals surface area contributed by atoms with Crippen LogP contribution in [0.5, 0.6) is 11.5 Å². The number of methoxy groups -OCH3 is 1. The molecule has 0 amide bonds. The smallest absolute Gasteiger partial charge is 0.211 e. The van der Waals surface area contributed by atoms with Crippen LogP contribution in [0.4, 0.5) is 0 Å². The van der Waals surface area contributed by atoms with E-state index in [0.717, 1.165) is 22.6 Å². The zero-order valence-corrected chi connectivity index (χ0v) is 19.0. The number of hydrogen-bond acceptors (Lipinski definition) is 6. The first-order valence-corrected chi connectivity index (χ1v) is 12.5. The number of ether oxygens (including phenoxy) is 2. The van der Waals surface area contributed by atoms with Crippen LogP contribution in [0.1, 0.15) is 36.4 Å². The third kappa shape index (κ3) is 3.37. The zero-order valence-electron chi connectivity index (χ0n) is 17.4. The van der Waals surface area contributed by atoms with Crippen LogP contribution in [0.2, 0.25) is 5.02 Å². The summed E-state index contributed by atoms with van der Waals surface area (Å²) in [5, 5.41) is 7.69. The summed E-state index contributed by atoms with van der Waals surface area (Å²) < 4.78 is 37.8. The van der Waals surface area contributed by atoms with Gasteiger partial charge < -0.3 is 9.47 Å². The molecular weight excluding hydrogens is 438 g/mol. The second-order valence-electron chi connectivity index (χ2n) is 8.18. The number of fused-ring (bicyclic) bond motifs is 4. The average molecular weight is 462 g/mol. The van der Waals surface area contributed by atoms with Crippen LogP contribution < -0.4 is 9.47 Å². The van der Waals surface area contributed by atoms with E-state index in [4.69, 9.17) is 26.2 Å². The van der Waals surface area contributed by atoms with E-state index in [0.29, 0.717) is 43.1 Å². The van der Waals surface area contributed by atoms with Gasteiger partial charge in [0.05, 0.1) is 25.1 Å². The van der Waals surface area contributed by atoms with Crippen LogP contribution in [0.15, 0.2) is 47.6 Å². The van der Waals surface area contributed by atoms with Gasteiger partial charge in [-0.15, -0.1) is 0 Å². The third-order valence-corrected chi connectivity index (χ3v) is 8.00. The van der Waals surface area contributed by atoms with Gasteiger partial charge in [-0.25, -0.2) is 17.7 Å². The van der Waals surface area contributed by atoms with Crippen LogP contribution in [-0.4, -0.2) is 55.6 Å². The molecule has 3 aliphatic rings. The molecule has 0 saturated carbocycles. The predicted octanol–water partition coefficient (Wildman–Crippen LogP) is 3.64. The fourth-order valence-corrected chi connectivity index (χ4v) is 5.88. The minimum Gasteiger partial charge on any atom is -0.493 e. The number of para-hydroxylation sites is 1. The van der Waals surface area contributed by atoms with Crippen molar-refractivity contribution >= 4 is 27.3 Å². The van der Waals surface area contributed by atoms with E-state index in [-0.39, 0.29) is 6.04 Å². The molecule has 0 aliphatic carbocycles. The molecule has 31 heavy (non-hydrogen) atoms. The Labute approximate surface area is 187 Å². The summed E-state index contributed by atoms with van der Waals surface area (Å²) >= 11 is 6.47. The molecule has 0 bridgehead atoms. The maximum atomic E-state index is 12.1. The van der Waals surface area contributed by atoms with Gasteiger partial charge in [0.2, 0.25) is 15.7 Å². The SMILES string of the molecule is COc1cccc2c1OC1(CCN(S(C)(=O)=O)CC1)N1N=C(c3ccccc3Cl)C[C@H]21. The molecule has 9 heteroatoms. The van der Waals surface area contributed by atoms with Gasteiger partial charge in [0, 0.05) is 48.5 Å². The summed E-state index contributed by atoms with van der Waals surface area (Å²) in [5.41, 5.74) is 2.09. The summed E-state index contributed by atoms with van der Waals surface area (Å²) in [6.45, 7) is 0.757. The molecule has 1 atom stereocenters. The van der Waals surface area contributed by atoms with E-state index in [1.54, 1.807) is 7.11 Å². The molecule has 1 spiro atoms. The fourth-order valence-electron chi connectivity index (χ4n) is 4.79. The Bertz CT molecular complexity index is 1160. The predicted molar refractivity (Wildman–Crippen MR) is 119 cm³/mol. The maximum Gasteiger partial charge on any atom is 0.211 e. The Balaban J connectivity index is 1.59. The summed E-state index contributed by atoms with van der Waals surface area (Å²) in [6, 6.07) is 13.6. The lowest BCUT2D eigenvalue weighted by molar-refractivity contribution is -0.144. The molecule has 2 aromatic rings. The Morgan fingerprint density at radius 1 is 1.16 bits per heavy atom. The highest BCUT2D eigenvalue weighted by Crippen LogP contribution is 2.53. The molecule has 0 unspecified atom stereocenters. The average Bonchev–Trinajstić information content (AvgIpc) is 3.20. The minimum atomic E-state index is -3.25.